The van der Waals surface area contributed by atoms with Crippen LogP contribution in [0.15, 0.2) is 10.7 Å². The molecule has 0 spiro atoms. The van der Waals surface area contributed by atoms with Gasteiger partial charge in [0.05, 0.1) is 8.49 Å². The van der Waals surface area contributed by atoms with Crippen LogP contribution < -0.4 is 5.73 Å². The third-order valence-electron chi connectivity index (χ3n) is 1.17. The van der Waals surface area contributed by atoms with Gasteiger partial charge in [-0.05, 0) is 38.5 Å². The maximum Gasteiger partial charge on any atom is 0.302 e. The van der Waals surface area contributed by atoms with E-state index in [0.717, 1.165) is 6.20 Å². The lowest BCUT2D eigenvalue weighted by molar-refractivity contribution is -0.386. The van der Waals surface area contributed by atoms with Crippen LogP contribution in [0.3, 0.4) is 0 Å². The lowest BCUT2D eigenvalue weighted by Gasteiger charge is -1.99. The van der Waals surface area contributed by atoms with Crippen molar-refractivity contribution in [2.24, 2.45) is 0 Å². The van der Waals surface area contributed by atoms with Crippen LogP contribution in [0.5, 0.6) is 0 Å². The predicted octanol–water partition coefficient (Wildman–Crippen LogP) is 1.94. The molecule has 1 aromatic heterocycles. The van der Waals surface area contributed by atoms with Gasteiger partial charge in [-0.1, -0.05) is 0 Å². The summed E-state index contributed by atoms with van der Waals surface area (Å²) >= 11 is 4.95. The third-order valence-corrected chi connectivity index (χ3v) is 3.80. The molecule has 1 heterocycles. The van der Waals surface area contributed by atoms with E-state index in [9.17, 15) is 10.1 Å². The summed E-state index contributed by atoms with van der Waals surface area (Å²) in [6, 6.07) is 0. The summed E-state index contributed by atoms with van der Waals surface area (Å²) < 4.78 is 0.933. The highest BCUT2D eigenvalue weighted by molar-refractivity contribution is 14.1. The molecule has 2 N–H and O–H groups in total. The molecule has 1 rings (SSSR count). The second-order valence-corrected chi connectivity index (χ2v) is 3.79. The lowest BCUT2D eigenvalue weighted by Crippen LogP contribution is -1.98. The molecule has 0 bridgehead atoms. The van der Waals surface area contributed by atoms with Crippen LogP contribution in [0, 0.1) is 13.7 Å². The van der Waals surface area contributed by atoms with Gasteiger partial charge in [0, 0.05) is 0 Å². The smallest absolute Gasteiger partial charge is 0.302 e. The van der Waals surface area contributed by atoms with Gasteiger partial charge < -0.3 is 5.73 Å². The van der Waals surface area contributed by atoms with Crippen molar-refractivity contribution in [2.75, 3.05) is 5.73 Å². The van der Waals surface area contributed by atoms with Crippen molar-refractivity contribution in [3.8, 4) is 0 Å². The summed E-state index contributed by atoms with van der Waals surface area (Å²) in [5.41, 5.74) is 5.34. The molecule has 0 radical (unpaired) electrons. The molecule has 64 valence electrons. The topological polar surface area (TPSA) is 82.0 Å². The number of anilines is 1. The maximum atomic E-state index is 10.4. The zero-order valence-corrected chi connectivity index (χ0v) is 9.37. The Kier molecular flexibility index (Phi) is 2.83. The maximum absolute atomic E-state index is 10.4. The monoisotopic (exact) mass is 343 g/mol. The summed E-state index contributed by atoms with van der Waals surface area (Å²) in [5.74, 6) is 0.285. The summed E-state index contributed by atoms with van der Waals surface area (Å²) in [6.07, 6.45) is 1.13. The number of hydrogen-bond donors (Lipinski definition) is 1. The Hall–Kier alpha value is -0.440. The van der Waals surface area contributed by atoms with Crippen molar-refractivity contribution < 1.29 is 4.92 Å². The Morgan fingerprint density at radius 2 is 2.33 bits per heavy atom. The molecule has 0 aliphatic heterocycles. The van der Waals surface area contributed by atoms with Gasteiger partial charge in [-0.15, -0.1) is 0 Å². The molecule has 12 heavy (non-hydrogen) atoms. The van der Waals surface area contributed by atoms with E-state index in [0.29, 0.717) is 8.04 Å². The van der Waals surface area contributed by atoms with Crippen molar-refractivity contribution in [3.05, 3.63) is 24.4 Å². The van der Waals surface area contributed by atoms with E-state index < -0.39 is 4.92 Å². The first-order valence-electron chi connectivity index (χ1n) is 2.78. The second-order valence-electron chi connectivity index (χ2n) is 1.91. The van der Waals surface area contributed by atoms with E-state index in [1.165, 1.54) is 0 Å². The first-order valence-corrected chi connectivity index (χ1v) is 4.65. The molecule has 5 nitrogen and oxygen atoms in total. The average molecular weight is 344 g/mol. The van der Waals surface area contributed by atoms with Gasteiger partial charge in [0.1, 0.15) is 16.5 Å². The number of hydrogen-bond acceptors (Lipinski definition) is 4. The Morgan fingerprint density at radius 3 is 2.83 bits per heavy atom. The molecule has 0 fully saturated rings. The van der Waals surface area contributed by atoms with Crippen LogP contribution in [0.4, 0.5) is 11.5 Å². The number of pyridine rings is 1. The number of nitrogen functional groups attached to an aromatic ring is 1. The fourth-order valence-corrected chi connectivity index (χ4v) is 1.46. The minimum absolute atomic E-state index is 0.0754. The van der Waals surface area contributed by atoms with Crippen LogP contribution in [-0.4, -0.2) is 9.91 Å². The van der Waals surface area contributed by atoms with Crippen molar-refractivity contribution in [1.29, 1.82) is 0 Å². The minimum Gasteiger partial charge on any atom is -0.383 e. The first-order chi connectivity index (χ1) is 5.54. The fourth-order valence-electron chi connectivity index (χ4n) is 0.596. The minimum atomic E-state index is -0.515. The Morgan fingerprint density at radius 1 is 1.75 bits per heavy atom. The highest BCUT2D eigenvalue weighted by Gasteiger charge is 2.16. The predicted molar refractivity (Wildman–Crippen MR) is 55.7 cm³/mol. The van der Waals surface area contributed by atoms with Crippen LogP contribution >= 0.6 is 38.5 Å². The molecule has 0 aliphatic carbocycles. The molecule has 0 saturated heterocycles. The van der Waals surface area contributed by atoms with Gasteiger partial charge in [-0.2, -0.15) is 0 Å². The van der Waals surface area contributed by atoms with Gasteiger partial charge in [0.15, 0.2) is 0 Å². The number of nitro groups is 1. The number of halogens is 2. The van der Waals surface area contributed by atoms with E-state index in [2.05, 4.69) is 20.9 Å². The molecule has 0 amide bonds. The van der Waals surface area contributed by atoms with E-state index in [4.69, 9.17) is 5.73 Å². The number of nitrogens with two attached hydrogens (primary N) is 1. The first kappa shape index (κ1) is 9.65. The molecule has 1 aromatic rings. The molecule has 0 unspecified atom stereocenters. The van der Waals surface area contributed by atoms with Gasteiger partial charge in [0.25, 0.3) is 0 Å². The standard InChI is InChI=1S/C5H3BrIN3O2/c6-3-2(10(11)12)1-9-5(8)4(3)7/h1H,(H2,8,9). The van der Waals surface area contributed by atoms with Crippen LogP contribution in [0.2, 0.25) is 0 Å². The molecule has 0 saturated carbocycles. The summed E-state index contributed by atoms with van der Waals surface area (Å²) in [5, 5.41) is 10.4. The number of nitrogens with zero attached hydrogens (tertiary/aromatic N) is 2. The van der Waals surface area contributed by atoms with Crippen molar-refractivity contribution in [2.45, 2.75) is 0 Å². The number of rotatable bonds is 1. The van der Waals surface area contributed by atoms with E-state index in [1.54, 1.807) is 0 Å². The highest BCUT2D eigenvalue weighted by atomic mass is 127. The highest BCUT2D eigenvalue weighted by Crippen LogP contribution is 2.31. The van der Waals surface area contributed by atoms with E-state index >= 15 is 0 Å². The summed E-state index contributed by atoms with van der Waals surface area (Å²) in [7, 11) is 0. The van der Waals surface area contributed by atoms with E-state index in [-0.39, 0.29) is 11.5 Å². The molecular formula is C5H3BrIN3O2. The molecule has 7 heteroatoms. The quantitative estimate of drug-likeness (QED) is 0.480. The Balaban J connectivity index is 3.36. The lowest BCUT2D eigenvalue weighted by atomic mass is 10.4. The van der Waals surface area contributed by atoms with Gasteiger partial charge in [-0.25, -0.2) is 4.98 Å². The zero-order chi connectivity index (χ0) is 9.30. The van der Waals surface area contributed by atoms with Gasteiger partial charge in [0.2, 0.25) is 0 Å². The fraction of sp³-hybridized carbons (Fsp3) is 0. The molecule has 0 atom stereocenters. The third kappa shape index (κ3) is 1.66. The van der Waals surface area contributed by atoms with Crippen molar-refractivity contribution >= 4 is 50.0 Å². The van der Waals surface area contributed by atoms with Crippen LogP contribution in [-0.2, 0) is 0 Å². The number of aromatic nitrogens is 1. The second kappa shape index (κ2) is 3.52. The molecular weight excluding hydrogens is 341 g/mol. The Labute approximate surface area is 89.8 Å². The van der Waals surface area contributed by atoms with Crippen molar-refractivity contribution in [1.82, 2.24) is 4.98 Å². The van der Waals surface area contributed by atoms with Crippen LogP contribution in [0.1, 0.15) is 0 Å². The van der Waals surface area contributed by atoms with Gasteiger partial charge >= 0.3 is 5.69 Å². The Bertz CT molecular complexity index is 344. The van der Waals surface area contributed by atoms with Crippen LogP contribution in [0.25, 0.3) is 0 Å². The summed E-state index contributed by atoms with van der Waals surface area (Å²) in [6.45, 7) is 0. The SMILES string of the molecule is Nc1ncc([N+](=O)[O-])c(Br)c1I. The molecule has 0 aliphatic rings. The molecule has 0 aromatic carbocycles. The normalized spacial score (nSPS) is 9.83. The van der Waals surface area contributed by atoms with Crippen molar-refractivity contribution in [3.63, 3.8) is 0 Å². The van der Waals surface area contributed by atoms with E-state index in [1.807, 2.05) is 22.6 Å². The summed E-state index contributed by atoms with van der Waals surface area (Å²) in [4.78, 5) is 13.5. The largest absolute Gasteiger partial charge is 0.383 e. The zero-order valence-electron chi connectivity index (χ0n) is 5.62. The van der Waals surface area contributed by atoms with Gasteiger partial charge in [-0.3, -0.25) is 10.1 Å². The average Bonchev–Trinajstić information content (AvgIpc) is 2.00.